The summed E-state index contributed by atoms with van der Waals surface area (Å²) in [5.74, 6) is -0.109. The quantitative estimate of drug-likeness (QED) is 0.825. The minimum absolute atomic E-state index is 0.109. The van der Waals surface area contributed by atoms with Gasteiger partial charge in [0.1, 0.15) is 4.64 Å². The average molecular weight is 333 g/mol. The Hall–Kier alpha value is -1.50. The zero-order valence-corrected chi connectivity index (χ0v) is 13.9. The zero-order valence-electron chi connectivity index (χ0n) is 12.2. The first kappa shape index (κ1) is 15.4. The van der Waals surface area contributed by atoms with Gasteiger partial charge >= 0.3 is 0 Å². The van der Waals surface area contributed by atoms with Crippen LogP contribution in [0.3, 0.4) is 0 Å². The molecule has 4 nitrogen and oxygen atoms in total. The minimum Gasteiger partial charge on any atom is -0.352 e. The van der Waals surface area contributed by atoms with E-state index < -0.39 is 0 Å². The van der Waals surface area contributed by atoms with Crippen LogP contribution in [0.1, 0.15) is 34.1 Å². The first-order valence-corrected chi connectivity index (χ1v) is 8.78. The summed E-state index contributed by atoms with van der Waals surface area (Å²) < 4.78 is 0.480. The molecule has 6 heteroatoms. The van der Waals surface area contributed by atoms with Crippen LogP contribution in [0.15, 0.2) is 35.8 Å². The molecule has 116 valence electrons. The summed E-state index contributed by atoms with van der Waals surface area (Å²) in [5.41, 5.74) is 0.531. The first-order chi connectivity index (χ1) is 10.8. The van der Waals surface area contributed by atoms with Crippen LogP contribution in [0.5, 0.6) is 0 Å². The van der Waals surface area contributed by atoms with Gasteiger partial charge in [-0.05, 0) is 49.5 Å². The molecule has 0 aliphatic carbocycles. The van der Waals surface area contributed by atoms with Crippen molar-refractivity contribution in [3.05, 3.63) is 50.9 Å². The van der Waals surface area contributed by atoms with Gasteiger partial charge in [-0.1, -0.05) is 18.3 Å². The van der Waals surface area contributed by atoms with Gasteiger partial charge in [-0.2, -0.15) is 0 Å². The number of aromatic amines is 1. The third-order valence-corrected chi connectivity index (χ3v) is 5.28. The largest absolute Gasteiger partial charge is 0.352 e. The van der Waals surface area contributed by atoms with Gasteiger partial charge in [-0.15, -0.1) is 11.3 Å². The highest BCUT2D eigenvalue weighted by atomic mass is 32.1. The number of aromatic nitrogens is 1. The summed E-state index contributed by atoms with van der Waals surface area (Å²) in [7, 11) is 0. The van der Waals surface area contributed by atoms with Crippen LogP contribution >= 0.6 is 23.6 Å². The molecule has 1 unspecified atom stereocenters. The number of nitrogens with zero attached hydrogens (tertiary/aromatic N) is 1. The van der Waals surface area contributed by atoms with Crippen molar-refractivity contribution in [1.82, 2.24) is 15.2 Å². The number of hydrogen-bond acceptors (Lipinski definition) is 4. The highest BCUT2D eigenvalue weighted by molar-refractivity contribution is 7.71. The molecule has 1 fully saturated rings. The van der Waals surface area contributed by atoms with E-state index in [1.807, 2.05) is 0 Å². The molecule has 3 rings (SSSR count). The van der Waals surface area contributed by atoms with Crippen LogP contribution in [0, 0.1) is 4.64 Å². The normalized spacial score (nSPS) is 16.5. The van der Waals surface area contributed by atoms with Gasteiger partial charge in [0, 0.05) is 17.6 Å². The Morgan fingerprint density at radius 1 is 1.36 bits per heavy atom. The first-order valence-electron chi connectivity index (χ1n) is 7.49. The Morgan fingerprint density at radius 2 is 2.18 bits per heavy atom. The van der Waals surface area contributed by atoms with Crippen molar-refractivity contribution in [2.45, 2.75) is 18.9 Å². The summed E-state index contributed by atoms with van der Waals surface area (Å²) in [6.07, 6.45) is 4.21. The van der Waals surface area contributed by atoms with Crippen molar-refractivity contribution in [3.8, 4) is 0 Å². The fourth-order valence-electron chi connectivity index (χ4n) is 2.83. The van der Waals surface area contributed by atoms with Crippen LogP contribution in [-0.2, 0) is 0 Å². The molecule has 2 aromatic heterocycles. The van der Waals surface area contributed by atoms with Crippen molar-refractivity contribution in [2.75, 3.05) is 19.6 Å². The average Bonchev–Trinajstić information content (AvgIpc) is 3.21. The van der Waals surface area contributed by atoms with Crippen molar-refractivity contribution in [1.29, 1.82) is 0 Å². The van der Waals surface area contributed by atoms with Gasteiger partial charge in [0.25, 0.3) is 5.91 Å². The third-order valence-electron chi connectivity index (χ3n) is 3.97. The van der Waals surface area contributed by atoms with Crippen LogP contribution in [0.4, 0.5) is 0 Å². The fourth-order valence-corrected chi connectivity index (χ4v) is 3.92. The predicted octanol–water partition coefficient (Wildman–Crippen LogP) is 3.37. The monoisotopic (exact) mass is 333 g/mol. The number of carbonyl (C=O) groups excluding carboxylic acids is 1. The van der Waals surface area contributed by atoms with Crippen molar-refractivity contribution < 1.29 is 4.79 Å². The van der Waals surface area contributed by atoms with E-state index in [-0.39, 0.29) is 11.9 Å². The lowest BCUT2D eigenvalue weighted by Crippen LogP contribution is -2.36. The summed E-state index contributed by atoms with van der Waals surface area (Å²) in [5, 5.41) is 5.14. The Kier molecular flexibility index (Phi) is 5.02. The standard InChI is InChI=1S/C16H19N3OS2/c20-15(12-5-3-7-17-16(12)21)18-11-13(14-6-4-10-22-14)19-8-1-2-9-19/h3-7,10,13H,1-2,8-9,11H2,(H,17,21)(H,18,20). The molecule has 1 aliphatic rings. The van der Waals surface area contributed by atoms with Crippen LogP contribution < -0.4 is 5.32 Å². The van der Waals surface area contributed by atoms with E-state index in [2.05, 4.69) is 32.7 Å². The molecule has 22 heavy (non-hydrogen) atoms. The molecule has 2 aromatic rings. The van der Waals surface area contributed by atoms with Gasteiger partial charge < -0.3 is 10.3 Å². The molecule has 1 saturated heterocycles. The summed E-state index contributed by atoms with van der Waals surface area (Å²) in [6.45, 7) is 2.82. The molecule has 1 atom stereocenters. The topological polar surface area (TPSA) is 48.1 Å². The summed E-state index contributed by atoms with van der Waals surface area (Å²) in [4.78, 5) is 19.0. The smallest absolute Gasteiger partial charge is 0.254 e. The van der Waals surface area contributed by atoms with Gasteiger partial charge in [0.2, 0.25) is 0 Å². The number of H-pyrrole nitrogens is 1. The van der Waals surface area contributed by atoms with Crippen LogP contribution in [0.25, 0.3) is 0 Å². The van der Waals surface area contributed by atoms with Gasteiger partial charge in [-0.25, -0.2) is 0 Å². The summed E-state index contributed by atoms with van der Waals surface area (Å²) in [6, 6.07) is 8.02. The van der Waals surface area contributed by atoms with Crippen LogP contribution in [-0.4, -0.2) is 35.4 Å². The molecule has 0 saturated carbocycles. The Morgan fingerprint density at radius 3 is 2.86 bits per heavy atom. The molecule has 1 amide bonds. The number of hydrogen-bond donors (Lipinski definition) is 2. The molecule has 0 radical (unpaired) electrons. The Bertz CT molecular complexity index is 675. The van der Waals surface area contributed by atoms with E-state index >= 15 is 0 Å². The Labute approximate surface area is 139 Å². The third kappa shape index (κ3) is 3.45. The van der Waals surface area contributed by atoms with Gasteiger partial charge in [0.15, 0.2) is 0 Å². The Balaban J connectivity index is 1.70. The number of rotatable bonds is 5. The number of thiophene rings is 1. The highest BCUT2D eigenvalue weighted by Gasteiger charge is 2.24. The maximum absolute atomic E-state index is 12.3. The lowest BCUT2D eigenvalue weighted by molar-refractivity contribution is 0.0937. The van der Waals surface area contributed by atoms with E-state index in [0.29, 0.717) is 16.7 Å². The van der Waals surface area contributed by atoms with E-state index in [1.54, 1.807) is 29.7 Å². The number of carbonyl (C=O) groups is 1. The maximum atomic E-state index is 12.3. The van der Waals surface area contributed by atoms with Gasteiger partial charge in [0.05, 0.1) is 11.6 Å². The van der Waals surface area contributed by atoms with E-state index in [1.165, 1.54) is 17.7 Å². The van der Waals surface area contributed by atoms with Crippen LogP contribution in [0.2, 0.25) is 0 Å². The minimum atomic E-state index is -0.109. The SMILES string of the molecule is O=C(NCC(c1cccs1)N1CCCC1)c1ccc[nH]c1=S. The second kappa shape index (κ2) is 7.17. The number of pyridine rings is 1. The van der Waals surface area contributed by atoms with Crippen molar-refractivity contribution in [2.24, 2.45) is 0 Å². The fraction of sp³-hybridized carbons (Fsp3) is 0.375. The number of nitrogens with one attached hydrogen (secondary N) is 2. The second-order valence-corrected chi connectivity index (χ2v) is 6.78. The molecule has 0 bridgehead atoms. The van der Waals surface area contributed by atoms with E-state index in [4.69, 9.17) is 12.2 Å². The molecule has 3 heterocycles. The molecule has 1 aliphatic heterocycles. The molecule has 0 spiro atoms. The van der Waals surface area contributed by atoms with E-state index in [9.17, 15) is 4.79 Å². The predicted molar refractivity (Wildman–Crippen MR) is 91.8 cm³/mol. The lowest BCUT2D eigenvalue weighted by Gasteiger charge is -2.26. The van der Waals surface area contributed by atoms with Crippen molar-refractivity contribution >= 4 is 29.5 Å². The highest BCUT2D eigenvalue weighted by Crippen LogP contribution is 2.27. The molecular weight excluding hydrogens is 314 g/mol. The van der Waals surface area contributed by atoms with E-state index in [0.717, 1.165) is 13.1 Å². The molecule has 2 N–H and O–H groups in total. The summed E-state index contributed by atoms with van der Waals surface area (Å²) >= 11 is 6.92. The second-order valence-electron chi connectivity index (χ2n) is 5.40. The zero-order chi connectivity index (χ0) is 15.4. The van der Waals surface area contributed by atoms with Gasteiger partial charge in [-0.3, -0.25) is 9.69 Å². The molecular formula is C16H19N3OS2. The molecule has 0 aromatic carbocycles. The number of likely N-dealkylation sites (tertiary alicyclic amines) is 1. The maximum Gasteiger partial charge on any atom is 0.254 e. The number of amides is 1. The lowest BCUT2D eigenvalue weighted by atomic mass is 10.2. The van der Waals surface area contributed by atoms with Crippen molar-refractivity contribution in [3.63, 3.8) is 0 Å².